The molecule has 0 unspecified atom stereocenters. The Morgan fingerprint density at radius 1 is 0.796 bits per heavy atom. The largest absolute Gasteiger partial charge is 0.508 e. The van der Waals surface area contributed by atoms with Crippen LogP contribution < -0.4 is 24.4 Å². The van der Waals surface area contributed by atoms with Crippen molar-refractivity contribution in [3.8, 4) is 57.3 Å². The molecule has 0 fully saturated rings. The summed E-state index contributed by atoms with van der Waals surface area (Å²) < 4.78 is 33.9. The maximum absolute atomic E-state index is 12.9. The smallest absolute Gasteiger partial charge is 0.330 e. The summed E-state index contributed by atoms with van der Waals surface area (Å²) in [6.45, 7) is -0.469. The van der Waals surface area contributed by atoms with Gasteiger partial charge in [0.15, 0.2) is 34.5 Å². The fourth-order valence-electron chi connectivity index (χ4n) is 4.93. The number of methoxy groups -OCH3 is 3. The van der Waals surface area contributed by atoms with E-state index in [1.807, 2.05) is 0 Å². The highest BCUT2D eigenvalue weighted by Crippen LogP contribution is 2.44. The number of esters is 1. The zero-order chi connectivity index (χ0) is 35.2. The maximum atomic E-state index is 12.9. The summed E-state index contributed by atoms with van der Waals surface area (Å²) in [5, 5.41) is 51.0. The molecule has 254 valence electrons. The number of ether oxygens (including phenoxy) is 5. The second-order valence-corrected chi connectivity index (χ2v) is 10.6. The number of phenols is 4. The average Bonchev–Trinajstić information content (AvgIpc) is 3.08. The van der Waals surface area contributed by atoms with E-state index in [4.69, 9.17) is 28.1 Å². The molecular formula is C36H32O13. The first-order valence-electron chi connectivity index (χ1n) is 14.6. The summed E-state index contributed by atoms with van der Waals surface area (Å²) >= 11 is 0. The van der Waals surface area contributed by atoms with E-state index >= 15 is 0 Å². The van der Waals surface area contributed by atoms with Gasteiger partial charge >= 0.3 is 5.97 Å². The van der Waals surface area contributed by atoms with Crippen LogP contribution in [0.5, 0.6) is 46.0 Å². The molecule has 1 aromatic heterocycles. The van der Waals surface area contributed by atoms with Gasteiger partial charge in [0, 0.05) is 29.8 Å². The molecule has 0 saturated heterocycles. The number of carbonyl (C=O) groups is 1. The van der Waals surface area contributed by atoms with Crippen LogP contribution in [0.4, 0.5) is 0 Å². The van der Waals surface area contributed by atoms with E-state index < -0.39 is 36.0 Å². The Labute approximate surface area is 279 Å². The second kappa shape index (κ2) is 14.6. The topological polar surface area (TPSA) is 195 Å². The highest BCUT2D eigenvalue weighted by Gasteiger charge is 2.29. The van der Waals surface area contributed by atoms with Crippen molar-refractivity contribution in [1.29, 1.82) is 0 Å². The third kappa shape index (κ3) is 7.63. The molecule has 0 amide bonds. The minimum atomic E-state index is -1.45. The molecule has 13 heteroatoms. The van der Waals surface area contributed by atoms with Crippen LogP contribution in [0.1, 0.15) is 17.2 Å². The second-order valence-electron chi connectivity index (χ2n) is 10.6. The van der Waals surface area contributed by atoms with Gasteiger partial charge in [-0.3, -0.25) is 4.79 Å². The Bertz CT molecular complexity index is 2040. The van der Waals surface area contributed by atoms with Gasteiger partial charge in [0.2, 0.25) is 5.75 Å². The van der Waals surface area contributed by atoms with Crippen LogP contribution in [0, 0.1) is 0 Å². The van der Waals surface area contributed by atoms with E-state index in [1.54, 1.807) is 12.1 Å². The van der Waals surface area contributed by atoms with Crippen molar-refractivity contribution in [2.75, 3.05) is 27.9 Å². The van der Waals surface area contributed by atoms with Crippen LogP contribution in [0.15, 0.2) is 88.1 Å². The molecule has 13 nitrogen and oxygen atoms in total. The van der Waals surface area contributed by atoms with Crippen LogP contribution in [0.3, 0.4) is 0 Å². The highest BCUT2D eigenvalue weighted by atomic mass is 16.6. The van der Waals surface area contributed by atoms with Crippen LogP contribution in [-0.2, 0) is 9.53 Å². The molecule has 5 rings (SSSR count). The Hall–Kier alpha value is -6.34. The van der Waals surface area contributed by atoms with E-state index in [-0.39, 0.29) is 62.5 Å². The zero-order valence-electron chi connectivity index (χ0n) is 26.4. The number of aliphatic hydroxyl groups excluding tert-OH is 1. The van der Waals surface area contributed by atoms with Crippen molar-refractivity contribution in [2.24, 2.45) is 0 Å². The number of benzene rings is 4. The van der Waals surface area contributed by atoms with Gasteiger partial charge in [-0.05, 0) is 53.6 Å². The lowest BCUT2D eigenvalue weighted by atomic mass is 10.0. The van der Waals surface area contributed by atoms with Crippen molar-refractivity contribution in [3.63, 3.8) is 0 Å². The fourth-order valence-corrected chi connectivity index (χ4v) is 4.93. The van der Waals surface area contributed by atoms with Gasteiger partial charge in [0.1, 0.15) is 46.7 Å². The molecule has 0 saturated carbocycles. The number of fused-ring (bicyclic) bond motifs is 1. The minimum Gasteiger partial charge on any atom is -0.508 e. The van der Waals surface area contributed by atoms with Gasteiger partial charge in [-0.1, -0.05) is 18.2 Å². The third-order valence-corrected chi connectivity index (χ3v) is 7.40. The number of aliphatic hydroxyl groups is 1. The molecule has 2 atom stereocenters. The number of aromatic hydroxyl groups is 4. The van der Waals surface area contributed by atoms with Crippen LogP contribution in [0.25, 0.3) is 28.4 Å². The summed E-state index contributed by atoms with van der Waals surface area (Å²) in [4.78, 5) is 25.6. The van der Waals surface area contributed by atoms with Crippen molar-refractivity contribution in [3.05, 3.63) is 100 Å². The van der Waals surface area contributed by atoms with E-state index in [0.717, 1.165) is 12.1 Å². The van der Waals surface area contributed by atoms with Crippen molar-refractivity contribution < 1.29 is 58.4 Å². The van der Waals surface area contributed by atoms with Gasteiger partial charge in [-0.15, -0.1) is 0 Å². The zero-order valence-corrected chi connectivity index (χ0v) is 26.4. The molecule has 5 N–H and O–H groups in total. The molecule has 0 radical (unpaired) electrons. The van der Waals surface area contributed by atoms with Crippen LogP contribution in [0.2, 0.25) is 0 Å². The van der Waals surface area contributed by atoms with Crippen molar-refractivity contribution in [2.45, 2.75) is 12.2 Å². The molecule has 49 heavy (non-hydrogen) atoms. The molecule has 4 aromatic carbocycles. The molecule has 5 aromatic rings. The molecular weight excluding hydrogens is 640 g/mol. The Morgan fingerprint density at radius 3 is 2.12 bits per heavy atom. The van der Waals surface area contributed by atoms with Crippen LogP contribution >= 0.6 is 0 Å². The predicted octanol–water partition coefficient (Wildman–Crippen LogP) is 5.05. The van der Waals surface area contributed by atoms with Gasteiger partial charge in [-0.25, -0.2) is 4.79 Å². The Balaban J connectivity index is 1.50. The van der Waals surface area contributed by atoms with Gasteiger partial charge in [0.25, 0.3) is 0 Å². The molecule has 0 aliphatic carbocycles. The maximum Gasteiger partial charge on any atom is 0.330 e. The number of hydrogen-bond acceptors (Lipinski definition) is 13. The lowest BCUT2D eigenvalue weighted by Crippen LogP contribution is -2.31. The number of hydrogen-bond donors (Lipinski definition) is 5. The molecule has 0 bridgehead atoms. The number of carbonyl (C=O) groups excluding carboxylic acids is 1. The average molecular weight is 673 g/mol. The normalized spacial score (nSPS) is 12.4. The molecule has 1 heterocycles. The van der Waals surface area contributed by atoms with Crippen molar-refractivity contribution >= 4 is 23.0 Å². The summed E-state index contributed by atoms with van der Waals surface area (Å²) in [5.74, 6) is -1.31. The van der Waals surface area contributed by atoms with E-state index in [0.29, 0.717) is 11.1 Å². The SMILES string of the molecule is COc1cc([C@@H](O)[C@H](COC(=O)C=Cc2ccc(O)cc2)Oc2c(OC)cc(-c3cc(=O)c4c(O)cc(O)cc4o3)cc2OC)ccc1O. The standard InChI is InChI=1S/C36H32O13/c1-44-28-12-20(7-10-24(28)39)35(43)32(18-47-33(42)11-6-19-4-8-22(37)9-5-19)49-36-30(45-2)13-21(14-31(36)46-3)27-17-26(41)34-25(40)15-23(38)16-29(34)48-27/h4-17,32,35,37-40,43H,18H2,1-3H3/t32-,35+/m0/s1. The van der Waals surface area contributed by atoms with E-state index in [2.05, 4.69) is 0 Å². The van der Waals surface area contributed by atoms with Crippen molar-refractivity contribution in [1.82, 2.24) is 0 Å². The first kappa shape index (κ1) is 34.0. The number of phenolic OH excluding ortho intramolecular Hbond substituents is 4. The number of rotatable bonds is 12. The first-order chi connectivity index (χ1) is 23.5. The third-order valence-electron chi connectivity index (χ3n) is 7.40. The minimum absolute atomic E-state index is 0.00217. The molecule has 0 spiro atoms. The van der Waals surface area contributed by atoms with E-state index in [9.17, 15) is 35.1 Å². The highest BCUT2D eigenvalue weighted by molar-refractivity contribution is 5.87. The van der Waals surface area contributed by atoms with Crippen LogP contribution in [-0.4, -0.2) is 65.5 Å². The fraction of sp³-hybridized carbons (Fsp3) is 0.167. The first-order valence-corrected chi connectivity index (χ1v) is 14.6. The monoisotopic (exact) mass is 672 g/mol. The summed E-state index contributed by atoms with van der Waals surface area (Å²) in [6, 6.07) is 16.6. The predicted molar refractivity (Wildman–Crippen MR) is 176 cm³/mol. The summed E-state index contributed by atoms with van der Waals surface area (Å²) in [5.41, 5.74) is 0.556. The van der Waals surface area contributed by atoms with E-state index in [1.165, 1.54) is 82.0 Å². The Kier molecular flexibility index (Phi) is 10.1. The molecule has 0 aliphatic rings. The van der Waals surface area contributed by atoms with Gasteiger partial charge in [-0.2, -0.15) is 0 Å². The summed E-state index contributed by atoms with van der Waals surface area (Å²) in [6.07, 6.45) is -0.0705. The lowest BCUT2D eigenvalue weighted by molar-refractivity contribution is -0.142. The lowest BCUT2D eigenvalue weighted by Gasteiger charge is -2.26. The van der Waals surface area contributed by atoms with Gasteiger partial charge in [0.05, 0.1) is 21.3 Å². The summed E-state index contributed by atoms with van der Waals surface area (Å²) in [7, 11) is 4.05. The van der Waals surface area contributed by atoms with Gasteiger partial charge < -0.3 is 53.6 Å². The molecule has 0 aliphatic heterocycles. The Morgan fingerprint density at radius 2 is 1.47 bits per heavy atom. The quantitative estimate of drug-likeness (QED) is 0.0874.